The second-order valence-electron chi connectivity index (χ2n) is 4.88. The highest BCUT2D eigenvalue weighted by atomic mass is 16.5. The highest BCUT2D eigenvalue weighted by molar-refractivity contribution is 5.33. The summed E-state index contributed by atoms with van der Waals surface area (Å²) in [6.45, 7) is 6.19. The van der Waals surface area contributed by atoms with Crippen LogP contribution in [0.25, 0.3) is 0 Å². The van der Waals surface area contributed by atoms with Crippen molar-refractivity contribution in [3.8, 4) is 0 Å². The number of aliphatic hydroxyl groups is 1. The zero-order chi connectivity index (χ0) is 11.5. The number of aliphatic hydroxyl groups excluding tert-OH is 1. The maximum absolute atomic E-state index is 9.50. The van der Waals surface area contributed by atoms with Crippen LogP contribution in [0.1, 0.15) is 29.0 Å². The molecule has 1 aromatic carbocycles. The fraction of sp³-hybridized carbons (Fsp3) is 0.571. The van der Waals surface area contributed by atoms with Crippen LogP contribution in [0.3, 0.4) is 0 Å². The van der Waals surface area contributed by atoms with E-state index in [1.165, 1.54) is 16.7 Å². The lowest BCUT2D eigenvalue weighted by atomic mass is 9.86. The van der Waals surface area contributed by atoms with E-state index in [9.17, 15) is 5.11 Å². The van der Waals surface area contributed by atoms with Crippen molar-refractivity contribution in [2.24, 2.45) is 5.92 Å². The predicted octanol–water partition coefficient (Wildman–Crippen LogP) is 2.42. The lowest BCUT2D eigenvalue weighted by molar-refractivity contribution is -0.0405. The van der Waals surface area contributed by atoms with Crippen LogP contribution in [0, 0.1) is 19.8 Å². The van der Waals surface area contributed by atoms with Crippen LogP contribution in [0.15, 0.2) is 18.2 Å². The normalized spacial score (nSPS) is 18.2. The van der Waals surface area contributed by atoms with Gasteiger partial charge < -0.3 is 9.84 Å². The third-order valence-electron chi connectivity index (χ3n) is 3.41. The van der Waals surface area contributed by atoms with Gasteiger partial charge in [0.25, 0.3) is 0 Å². The molecule has 2 nitrogen and oxygen atoms in total. The first-order chi connectivity index (χ1) is 7.70. The Hall–Kier alpha value is -0.860. The van der Waals surface area contributed by atoms with Crippen LogP contribution in [0.2, 0.25) is 0 Å². The summed E-state index contributed by atoms with van der Waals surface area (Å²) in [5.41, 5.74) is 3.87. The minimum Gasteiger partial charge on any atom is -0.396 e. The van der Waals surface area contributed by atoms with Crippen molar-refractivity contribution in [1.29, 1.82) is 0 Å². The molecular weight excluding hydrogens is 200 g/mol. The summed E-state index contributed by atoms with van der Waals surface area (Å²) in [6, 6.07) is 6.47. The van der Waals surface area contributed by atoms with Crippen molar-refractivity contribution in [3.05, 3.63) is 34.9 Å². The van der Waals surface area contributed by atoms with Gasteiger partial charge in [0.15, 0.2) is 0 Å². The van der Waals surface area contributed by atoms with Crippen LogP contribution in [-0.4, -0.2) is 24.9 Å². The van der Waals surface area contributed by atoms with Crippen LogP contribution in [0.4, 0.5) is 0 Å². The van der Waals surface area contributed by atoms with Gasteiger partial charge >= 0.3 is 0 Å². The zero-order valence-electron chi connectivity index (χ0n) is 10.1. The van der Waals surface area contributed by atoms with Gasteiger partial charge in [0.1, 0.15) is 0 Å². The molecule has 1 fully saturated rings. The van der Waals surface area contributed by atoms with Crippen molar-refractivity contribution in [1.82, 2.24) is 0 Å². The highest BCUT2D eigenvalue weighted by Gasteiger charge is 2.24. The fourth-order valence-electron chi connectivity index (χ4n) is 2.41. The fourth-order valence-corrected chi connectivity index (χ4v) is 2.41. The molecule has 2 heteroatoms. The molecule has 0 bridgehead atoms. The first kappa shape index (κ1) is 11.6. The average molecular weight is 220 g/mol. The van der Waals surface area contributed by atoms with Crippen LogP contribution in [-0.2, 0) is 4.74 Å². The van der Waals surface area contributed by atoms with Gasteiger partial charge in [-0.15, -0.1) is 0 Å². The lowest BCUT2D eigenvalue weighted by Crippen LogP contribution is -2.29. The quantitative estimate of drug-likeness (QED) is 0.844. The minimum absolute atomic E-state index is 0.237. The van der Waals surface area contributed by atoms with Crippen molar-refractivity contribution in [2.45, 2.75) is 26.2 Å². The van der Waals surface area contributed by atoms with Gasteiger partial charge in [0.2, 0.25) is 0 Å². The molecule has 1 aliphatic rings. The molecule has 1 atom stereocenters. The average Bonchev–Trinajstić information content (AvgIpc) is 2.18. The Morgan fingerprint density at radius 1 is 1.38 bits per heavy atom. The van der Waals surface area contributed by atoms with E-state index in [1.807, 2.05) is 0 Å². The maximum atomic E-state index is 9.50. The molecule has 1 unspecified atom stereocenters. The van der Waals surface area contributed by atoms with Crippen LogP contribution in [0.5, 0.6) is 0 Å². The number of benzene rings is 1. The van der Waals surface area contributed by atoms with E-state index in [-0.39, 0.29) is 12.5 Å². The first-order valence-corrected chi connectivity index (χ1v) is 5.96. The van der Waals surface area contributed by atoms with Crippen LogP contribution >= 0.6 is 0 Å². The number of hydrogen-bond acceptors (Lipinski definition) is 2. The number of hydrogen-bond donors (Lipinski definition) is 1. The Morgan fingerprint density at radius 2 is 2.12 bits per heavy atom. The van der Waals surface area contributed by atoms with Gasteiger partial charge in [0, 0.05) is 18.4 Å². The summed E-state index contributed by atoms with van der Waals surface area (Å²) >= 11 is 0. The molecule has 88 valence electrons. The minimum atomic E-state index is 0.237. The molecular formula is C14H20O2. The van der Waals surface area contributed by atoms with E-state index in [0.29, 0.717) is 5.92 Å². The lowest BCUT2D eigenvalue weighted by Gasteiger charge is -2.30. The summed E-state index contributed by atoms with van der Waals surface area (Å²) in [7, 11) is 0. The summed E-state index contributed by atoms with van der Waals surface area (Å²) in [6.07, 6.45) is 1.04. The Balaban J connectivity index is 2.11. The second-order valence-corrected chi connectivity index (χ2v) is 4.88. The smallest absolute Gasteiger partial charge is 0.0516 e. The third kappa shape index (κ3) is 2.45. The molecule has 0 radical (unpaired) electrons. The third-order valence-corrected chi connectivity index (χ3v) is 3.41. The second kappa shape index (κ2) is 4.98. The van der Waals surface area contributed by atoms with Crippen LogP contribution < -0.4 is 0 Å². The van der Waals surface area contributed by atoms with E-state index in [4.69, 9.17) is 4.74 Å². The SMILES string of the molecule is Cc1ccc(C(CO)CC2COC2)c(C)c1. The molecule has 1 N–H and O–H groups in total. The van der Waals surface area contributed by atoms with E-state index in [1.54, 1.807) is 0 Å². The molecule has 16 heavy (non-hydrogen) atoms. The largest absolute Gasteiger partial charge is 0.396 e. The summed E-state index contributed by atoms with van der Waals surface area (Å²) < 4.78 is 5.18. The predicted molar refractivity (Wildman–Crippen MR) is 64.7 cm³/mol. The number of rotatable bonds is 4. The first-order valence-electron chi connectivity index (χ1n) is 5.96. The Kier molecular flexibility index (Phi) is 3.62. The Labute approximate surface area is 97.3 Å². The molecule has 0 aromatic heterocycles. The van der Waals surface area contributed by atoms with E-state index < -0.39 is 0 Å². The van der Waals surface area contributed by atoms with E-state index in [2.05, 4.69) is 32.0 Å². The molecule has 0 saturated carbocycles. The van der Waals surface area contributed by atoms with Crippen molar-refractivity contribution in [2.75, 3.05) is 19.8 Å². The van der Waals surface area contributed by atoms with Gasteiger partial charge in [-0.1, -0.05) is 23.8 Å². The standard InChI is InChI=1S/C14H20O2/c1-10-3-4-14(11(2)5-10)13(7-15)6-12-8-16-9-12/h3-5,12-13,15H,6-9H2,1-2H3. The number of ether oxygens (including phenoxy) is 1. The zero-order valence-corrected chi connectivity index (χ0v) is 10.1. The van der Waals surface area contributed by atoms with Gasteiger partial charge in [-0.3, -0.25) is 0 Å². The maximum Gasteiger partial charge on any atom is 0.0516 e. The van der Waals surface area contributed by atoms with E-state index in [0.717, 1.165) is 19.6 Å². The molecule has 0 aliphatic carbocycles. The molecule has 1 heterocycles. The number of aryl methyl sites for hydroxylation is 2. The molecule has 2 rings (SSSR count). The van der Waals surface area contributed by atoms with Crippen molar-refractivity contribution < 1.29 is 9.84 Å². The Bertz CT molecular complexity index is 356. The van der Waals surface area contributed by atoms with Gasteiger partial charge in [-0.2, -0.15) is 0 Å². The molecule has 1 aromatic rings. The monoisotopic (exact) mass is 220 g/mol. The summed E-state index contributed by atoms with van der Waals surface area (Å²) in [5, 5.41) is 9.50. The Morgan fingerprint density at radius 3 is 2.62 bits per heavy atom. The topological polar surface area (TPSA) is 29.5 Å². The summed E-state index contributed by atoms with van der Waals surface area (Å²) in [5.74, 6) is 0.910. The van der Waals surface area contributed by atoms with Gasteiger partial charge in [-0.05, 0) is 31.4 Å². The van der Waals surface area contributed by atoms with Crippen molar-refractivity contribution in [3.63, 3.8) is 0 Å². The molecule has 0 amide bonds. The van der Waals surface area contributed by atoms with E-state index >= 15 is 0 Å². The van der Waals surface area contributed by atoms with Gasteiger partial charge in [0.05, 0.1) is 13.2 Å². The highest BCUT2D eigenvalue weighted by Crippen LogP contribution is 2.29. The molecule has 1 saturated heterocycles. The molecule has 1 aliphatic heterocycles. The van der Waals surface area contributed by atoms with Crippen molar-refractivity contribution >= 4 is 0 Å². The molecule has 0 spiro atoms. The summed E-state index contributed by atoms with van der Waals surface area (Å²) in [4.78, 5) is 0. The van der Waals surface area contributed by atoms with Gasteiger partial charge in [-0.25, -0.2) is 0 Å².